The second kappa shape index (κ2) is 2.27. The molecule has 3 nitrogen and oxygen atoms in total. The quantitative estimate of drug-likeness (QED) is 0.652. The molecule has 0 aromatic carbocycles. The second-order valence-corrected chi connectivity index (χ2v) is 2.77. The van der Waals surface area contributed by atoms with Crippen molar-refractivity contribution < 1.29 is 14.6 Å². The van der Waals surface area contributed by atoms with Gasteiger partial charge in [-0.1, -0.05) is 15.9 Å². The summed E-state index contributed by atoms with van der Waals surface area (Å²) < 4.78 is 4.78. The van der Waals surface area contributed by atoms with Gasteiger partial charge in [0.05, 0.1) is 13.2 Å². The van der Waals surface area contributed by atoms with Crippen LogP contribution in [0.3, 0.4) is 0 Å². The lowest BCUT2D eigenvalue weighted by Crippen LogP contribution is -2.50. The third-order valence-electron chi connectivity index (χ3n) is 1.47. The van der Waals surface area contributed by atoms with Crippen LogP contribution in [0.1, 0.15) is 0 Å². The molecule has 1 rings (SSSR count). The van der Waals surface area contributed by atoms with Gasteiger partial charge in [0.15, 0.2) is 0 Å². The molecule has 1 fully saturated rings. The van der Waals surface area contributed by atoms with Crippen LogP contribution in [0.15, 0.2) is 0 Å². The number of rotatable bonds is 2. The van der Waals surface area contributed by atoms with Crippen molar-refractivity contribution in [2.24, 2.45) is 5.41 Å². The molecule has 0 aromatic rings. The largest absolute Gasteiger partial charge is 0.481 e. The predicted octanol–water partition coefficient (Wildman–Crippen LogP) is 0.482. The Kier molecular flexibility index (Phi) is 1.77. The summed E-state index contributed by atoms with van der Waals surface area (Å²) in [6.45, 7) is 0.682. The van der Waals surface area contributed by atoms with E-state index in [0.717, 1.165) is 0 Å². The average molecular weight is 195 g/mol. The number of carboxylic acids is 1. The van der Waals surface area contributed by atoms with Gasteiger partial charge < -0.3 is 9.84 Å². The van der Waals surface area contributed by atoms with E-state index in [4.69, 9.17) is 9.84 Å². The van der Waals surface area contributed by atoms with Crippen LogP contribution in [0, 0.1) is 5.41 Å². The van der Waals surface area contributed by atoms with Crippen molar-refractivity contribution in [2.45, 2.75) is 0 Å². The zero-order valence-corrected chi connectivity index (χ0v) is 6.35. The molecule has 0 aliphatic carbocycles. The number of alkyl halides is 1. The van der Waals surface area contributed by atoms with Crippen LogP contribution in [0.5, 0.6) is 0 Å². The summed E-state index contributed by atoms with van der Waals surface area (Å²) in [7, 11) is 0. The molecule has 0 aromatic heterocycles. The van der Waals surface area contributed by atoms with Crippen molar-refractivity contribution in [1.82, 2.24) is 0 Å². The molecule has 0 spiro atoms. The Morgan fingerprint density at radius 3 is 2.33 bits per heavy atom. The van der Waals surface area contributed by atoms with Gasteiger partial charge in [-0.3, -0.25) is 4.79 Å². The number of hydrogen-bond donors (Lipinski definition) is 1. The van der Waals surface area contributed by atoms with Crippen LogP contribution in [-0.4, -0.2) is 29.6 Å². The van der Waals surface area contributed by atoms with E-state index in [0.29, 0.717) is 18.5 Å². The minimum absolute atomic E-state index is 0.341. The highest BCUT2D eigenvalue weighted by atomic mass is 79.9. The Hall–Kier alpha value is -0.0900. The summed E-state index contributed by atoms with van der Waals surface area (Å²) in [5, 5.41) is 9.06. The van der Waals surface area contributed by atoms with Crippen LogP contribution < -0.4 is 0 Å². The molecular formula is C5H7BrO3. The summed E-state index contributed by atoms with van der Waals surface area (Å²) in [6.07, 6.45) is 0. The summed E-state index contributed by atoms with van der Waals surface area (Å²) in [6, 6.07) is 0. The summed E-state index contributed by atoms with van der Waals surface area (Å²) in [5.41, 5.74) is -0.625. The topological polar surface area (TPSA) is 46.5 Å². The van der Waals surface area contributed by atoms with Crippen molar-refractivity contribution >= 4 is 21.9 Å². The maximum atomic E-state index is 10.4. The Labute approximate surface area is 61.1 Å². The van der Waals surface area contributed by atoms with E-state index in [2.05, 4.69) is 15.9 Å². The number of aliphatic carboxylic acids is 1. The highest BCUT2D eigenvalue weighted by Gasteiger charge is 2.45. The normalized spacial score (nSPS) is 22.8. The lowest BCUT2D eigenvalue weighted by atomic mass is 9.89. The van der Waals surface area contributed by atoms with Crippen molar-refractivity contribution in [3.05, 3.63) is 0 Å². The summed E-state index contributed by atoms with van der Waals surface area (Å²) in [5.74, 6) is -0.773. The smallest absolute Gasteiger partial charge is 0.315 e. The monoisotopic (exact) mass is 194 g/mol. The van der Waals surface area contributed by atoms with E-state index in [1.54, 1.807) is 0 Å². The third kappa shape index (κ3) is 0.966. The molecule has 1 saturated heterocycles. The average Bonchev–Trinajstić information content (AvgIpc) is 1.62. The third-order valence-corrected chi connectivity index (χ3v) is 2.54. The highest BCUT2D eigenvalue weighted by molar-refractivity contribution is 9.09. The lowest BCUT2D eigenvalue weighted by molar-refractivity contribution is -0.174. The Morgan fingerprint density at radius 1 is 1.78 bits per heavy atom. The van der Waals surface area contributed by atoms with Crippen LogP contribution in [0.4, 0.5) is 0 Å². The Morgan fingerprint density at radius 2 is 2.33 bits per heavy atom. The second-order valence-electron chi connectivity index (χ2n) is 2.21. The predicted molar refractivity (Wildman–Crippen MR) is 34.7 cm³/mol. The van der Waals surface area contributed by atoms with Crippen molar-refractivity contribution in [1.29, 1.82) is 0 Å². The Balaban J connectivity index is 2.57. The van der Waals surface area contributed by atoms with Crippen molar-refractivity contribution in [3.63, 3.8) is 0 Å². The van der Waals surface area contributed by atoms with E-state index in [1.165, 1.54) is 0 Å². The molecule has 1 N–H and O–H groups in total. The molecule has 0 amide bonds. The van der Waals surface area contributed by atoms with Gasteiger partial charge in [-0.25, -0.2) is 0 Å². The lowest BCUT2D eigenvalue weighted by Gasteiger charge is -2.35. The fourth-order valence-corrected chi connectivity index (χ4v) is 1.17. The van der Waals surface area contributed by atoms with Gasteiger partial charge in [-0.2, -0.15) is 0 Å². The van der Waals surface area contributed by atoms with Gasteiger partial charge in [0.25, 0.3) is 0 Å². The first-order chi connectivity index (χ1) is 4.21. The molecular weight excluding hydrogens is 188 g/mol. The molecule has 0 atom stereocenters. The maximum Gasteiger partial charge on any atom is 0.315 e. The first-order valence-electron chi connectivity index (χ1n) is 2.58. The van der Waals surface area contributed by atoms with Crippen molar-refractivity contribution in [3.8, 4) is 0 Å². The van der Waals surface area contributed by atoms with E-state index in [9.17, 15) is 4.79 Å². The van der Waals surface area contributed by atoms with Crippen LogP contribution in [0.2, 0.25) is 0 Å². The zero-order valence-electron chi connectivity index (χ0n) is 4.76. The van der Waals surface area contributed by atoms with Crippen molar-refractivity contribution in [2.75, 3.05) is 18.5 Å². The molecule has 0 bridgehead atoms. The molecule has 0 unspecified atom stereocenters. The van der Waals surface area contributed by atoms with Gasteiger partial charge in [0.1, 0.15) is 5.41 Å². The maximum absolute atomic E-state index is 10.4. The van der Waals surface area contributed by atoms with E-state index >= 15 is 0 Å². The molecule has 52 valence electrons. The summed E-state index contributed by atoms with van der Waals surface area (Å²) in [4.78, 5) is 10.4. The van der Waals surface area contributed by atoms with Gasteiger partial charge in [-0.15, -0.1) is 0 Å². The number of ether oxygens (including phenoxy) is 1. The first-order valence-corrected chi connectivity index (χ1v) is 3.70. The van der Waals surface area contributed by atoms with Gasteiger partial charge >= 0.3 is 5.97 Å². The van der Waals surface area contributed by atoms with E-state index < -0.39 is 11.4 Å². The molecule has 0 radical (unpaired) electrons. The highest BCUT2D eigenvalue weighted by Crippen LogP contribution is 2.29. The standard InChI is InChI=1S/C5H7BrO3/c6-1-5(4(7)8)2-9-3-5/h1-3H2,(H,7,8). The first kappa shape index (κ1) is 7.02. The number of hydrogen-bond acceptors (Lipinski definition) is 2. The zero-order chi connectivity index (χ0) is 6.91. The SMILES string of the molecule is O=C(O)C1(CBr)COC1. The molecule has 1 aliphatic rings. The van der Waals surface area contributed by atoms with Crippen LogP contribution >= 0.6 is 15.9 Å². The summed E-state index contributed by atoms with van der Waals surface area (Å²) >= 11 is 3.12. The molecule has 4 heteroatoms. The number of carboxylic acid groups (broad SMARTS) is 1. The van der Waals surface area contributed by atoms with E-state index in [-0.39, 0.29) is 0 Å². The molecule has 9 heavy (non-hydrogen) atoms. The minimum Gasteiger partial charge on any atom is -0.481 e. The van der Waals surface area contributed by atoms with Gasteiger partial charge in [0, 0.05) is 5.33 Å². The number of halogens is 1. The Bertz CT molecular complexity index is 125. The molecule has 1 heterocycles. The van der Waals surface area contributed by atoms with Gasteiger partial charge in [-0.05, 0) is 0 Å². The fourth-order valence-electron chi connectivity index (χ4n) is 0.606. The van der Waals surface area contributed by atoms with E-state index in [1.807, 2.05) is 0 Å². The van der Waals surface area contributed by atoms with Crippen LogP contribution in [0.25, 0.3) is 0 Å². The number of carbonyl (C=O) groups is 1. The van der Waals surface area contributed by atoms with Gasteiger partial charge in [0.2, 0.25) is 0 Å². The van der Waals surface area contributed by atoms with Crippen LogP contribution in [-0.2, 0) is 9.53 Å². The fraction of sp³-hybridized carbons (Fsp3) is 0.800. The molecule has 0 saturated carbocycles. The molecule has 1 aliphatic heterocycles. The minimum atomic E-state index is -0.773.